The van der Waals surface area contributed by atoms with Gasteiger partial charge < -0.3 is 10.1 Å². The molecule has 4 N–H and O–H groups in total. The molecule has 2 atom stereocenters. The number of aromatic nitrogens is 3. The SMILES string of the molecule is Cc1ccc(-n2nc(C(C)(C)C)cc2NC(=O)N[C@H]2CC[C@@H](Oc3ccc(=N)n(C=N)c3)c3ccccc32)cc1. The maximum atomic E-state index is 13.3. The molecule has 0 radical (unpaired) electrons. The van der Waals surface area contributed by atoms with Crippen LogP contribution in [0.5, 0.6) is 5.75 Å². The Morgan fingerprint density at radius 3 is 2.48 bits per heavy atom. The van der Waals surface area contributed by atoms with Crippen molar-refractivity contribution in [3.63, 3.8) is 0 Å². The predicted octanol–water partition coefficient (Wildman–Crippen LogP) is 5.99. The number of anilines is 1. The molecule has 0 unspecified atom stereocenters. The van der Waals surface area contributed by atoms with Gasteiger partial charge in [-0.3, -0.25) is 20.7 Å². The molecule has 2 amide bonds. The molecule has 206 valence electrons. The van der Waals surface area contributed by atoms with E-state index in [1.54, 1.807) is 23.0 Å². The maximum absolute atomic E-state index is 13.3. The lowest BCUT2D eigenvalue weighted by atomic mass is 9.85. The van der Waals surface area contributed by atoms with Crippen LogP contribution in [0.3, 0.4) is 0 Å². The second kappa shape index (κ2) is 10.8. The third kappa shape index (κ3) is 5.68. The number of nitrogens with zero attached hydrogens (tertiary/aromatic N) is 3. The Morgan fingerprint density at radius 1 is 1.05 bits per heavy atom. The van der Waals surface area contributed by atoms with Gasteiger partial charge in [-0.15, -0.1) is 0 Å². The molecule has 0 bridgehead atoms. The summed E-state index contributed by atoms with van der Waals surface area (Å²) in [6, 6.07) is 20.8. The number of pyridine rings is 1. The van der Waals surface area contributed by atoms with Gasteiger partial charge in [-0.2, -0.15) is 5.10 Å². The van der Waals surface area contributed by atoms with E-state index < -0.39 is 0 Å². The maximum Gasteiger partial charge on any atom is 0.320 e. The summed E-state index contributed by atoms with van der Waals surface area (Å²) in [6.45, 7) is 8.34. The van der Waals surface area contributed by atoms with Crippen LogP contribution in [0.1, 0.15) is 68.1 Å². The van der Waals surface area contributed by atoms with E-state index in [1.165, 1.54) is 4.57 Å². The van der Waals surface area contributed by atoms with E-state index in [1.807, 2.05) is 61.5 Å². The van der Waals surface area contributed by atoms with Crippen molar-refractivity contribution in [2.24, 2.45) is 0 Å². The third-order valence-corrected chi connectivity index (χ3v) is 7.11. The van der Waals surface area contributed by atoms with Crippen LogP contribution >= 0.6 is 0 Å². The summed E-state index contributed by atoms with van der Waals surface area (Å²) in [4.78, 5) is 13.3. The average molecular weight is 538 g/mol. The second-order valence-electron chi connectivity index (χ2n) is 11.2. The lowest BCUT2D eigenvalue weighted by molar-refractivity contribution is 0.171. The normalized spacial score (nSPS) is 16.6. The second-order valence-corrected chi connectivity index (χ2v) is 11.2. The van der Waals surface area contributed by atoms with Gasteiger partial charge in [-0.1, -0.05) is 62.7 Å². The Balaban J connectivity index is 1.35. The molecule has 4 aromatic rings. The first kappa shape index (κ1) is 26.9. The Morgan fingerprint density at radius 2 is 1.77 bits per heavy atom. The number of carbonyl (C=O) groups excluding carboxylic acids is 1. The van der Waals surface area contributed by atoms with E-state index in [9.17, 15) is 4.79 Å². The minimum atomic E-state index is -0.300. The van der Waals surface area contributed by atoms with Gasteiger partial charge in [-0.05, 0) is 55.2 Å². The predicted molar refractivity (Wildman–Crippen MR) is 155 cm³/mol. The highest BCUT2D eigenvalue weighted by atomic mass is 16.5. The minimum absolute atomic E-state index is 0.181. The number of fused-ring (bicyclic) bond motifs is 1. The van der Waals surface area contributed by atoms with Crippen LogP contribution in [0.2, 0.25) is 0 Å². The fourth-order valence-corrected chi connectivity index (χ4v) is 4.89. The van der Waals surface area contributed by atoms with E-state index in [-0.39, 0.29) is 29.1 Å². The van der Waals surface area contributed by atoms with Crippen LogP contribution in [0.25, 0.3) is 5.69 Å². The standard InChI is InChI=1S/C31H35N7O2/c1-20-9-11-21(12-10-20)38-29(17-27(36-38)31(2,3)4)35-30(39)34-25-14-15-26(24-8-6-5-7-23(24)25)40-22-13-16-28(33)37(18-22)19-32/h5-13,16-19,25-26,32-33H,14-15H2,1-4H3,(H2,34,35,39)/t25-,26+/m0/s1. The molecule has 0 saturated carbocycles. The largest absolute Gasteiger partial charge is 0.484 e. The number of benzene rings is 2. The fourth-order valence-electron chi connectivity index (χ4n) is 4.89. The number of hydrogen-bond acceptors (Lipinski definition) is 5. The summed E-state index contributed by atoms with van der Waals surface area (Å²) in [5.74, 6) is 1.19. The van der Waals surface area contributed by atoms with Crippen molar-refractivity contribution in [3.8, 4) is 11.4 Å². The third-order valence-electron chi connectivity index (χ3n) is 7.11. The molecule has 0 saturated heterocycles. The molecule has 1 aliphatic carbocycles. The number of nitrogens with one attached hydrogen (secondary N) is 4. The Hall–Kier alpha value is -4.66. The molecule has 0 spiro atoms. The van der Waals surface area contributed by atoms with Crippen LogP contribution in [0.15, 0.2) is 72.9 Å². The molecule has 5 rings (SSSR count). The first-order valence-corrected chi connectivity index (χ1v) is 13.4. The number of amides is 2. The lowest BCUT2D eigenvalue weighted by Crippen LogP contribution is -2.36. The highest BCUT2D eigenvalue weighted by molar-refractivity contribution is 5.89. The fraction of sp³-hybridized carbons (Fsp3) is 0.290. The number of ether oxygens (including phenoxy) is 1. The first-order valence-electron chi connectivity index (χ1n) is 13.4. The van der Waals surface area contributed by atoms with Gasteiger partial charge >= 0.3 is 6.03 Å². The van der Waals surface area contributed by atoms with Crippen molar-refractivity contribution < 1.29 is 9.53 Å². The van der Waals surface area contributed by atoms with Crippen LogP contribution in [-0.4, -0.2) is 26.7 Å². The van der Waals surface area contributed by atoms with Crippen LogP contribution in [0, 0.1) is 17.7 Å². The van der Waals surface area contributed by atoms with Gasteiger partial charge in [0.25, 0.3) is 0 Å². The quantitative estimate of drug-likeness (QED) is 0.179. The molecule has 0 fully saturated rings. The van der Waals surface area contributed by atoms with Gasteiger partial charge in [0, 0.05) is 11.5 Å². The molecule has 9 nitrogen and oxygen atoms in total. The molecular weight excluding hydrogens is 502 g/mol. The molecule has 9 heteroatoms. The van der Waals surface area contributed by atoms with Crippen molar-refractivity contribution in [1.29, 1.82) is 10.8 Å². The smallest absolute Gasteiger partial charge is 0.320 e. The summed E-state index contributed by atoms with van der Waals surface area (Å²) in [5.41, 5.74) is 4.96. The van der Waals surface area contributed by atoms with Crippen molar-refractivity contribution in [2.75, 3.05) is 5.32 Å². The van der Waals surface area contributed by atoms with Gasteiger partial charge in [0.15, 0.2) is 0 Å². The van der Waals surface area contributed by atoms with Crippen LogP contribution in [0.4, 0.5) is 10.6 Å². The molecular formula is C31H35N7O2. The molecule has 2 aromatic heterocycles. The lowest BCUT2D eigenvalue weighted by Gasteiger charge is -2.32. The van der Waals surface area contributed by atoms with Gasteiger partial charge in [0.1, 0.15) is 23.2 Å². The van der Waals surface area contributed by atoms with Gasteiger partial charge in [0.2, 0.25) is 0 Å². The first-order chi connectivity index (χ1) is 19.1. The number of aryl methyl sites for hydroxylation is 1. The van der Waals surface area contributed by atoms with Crippen molar-refractivity contribution in [3.05, 3.63) is 101 Å². The monoisotopic (exact) mass is 537 g/mol. The van der Waals surface area contributed by atoms with Crippen molar-refractivity contribution >= 4 is 18.2 Å². The summed E-state index contributed by atoms with van der Waals surface area (Å²) in [5, 5.41) is 26.4. The van der Waals surface area contributed by atoms with E-state index in [2.05, 4.69) is 31.4 Å². The summed E-state index contributed by atoms with van der Waals surface area (Å²) >= 11 is 0. The number of hydrogen-bond donors (Lipinski definition) is 4. The summed E-state index contributed by atoms with van der Waals surface area (Å²) in [6.07, 6.45) is 3.91. The molecule has 40 heavy (non-hydrogen) atoms. The Labute approximate surface area is 233 Å². The van der Waals surface area contributed by atoms with Crippen LogP contribution in [-0.2, 0) is 5.41 Å². The summed E-state index contributed by atoms with van der Waals surface area (Å²) < 4.78 is 9.46. The molecule has 0 aliphatic heterocycles. The topological polar surface area (TPSA) is 121 Å². The zero-order valence-corrected chi connectivity index (χ0v) is 23.2. The Bertz CT molecular complexity index is 1600. The van der Waals surface area contributed by atoms with Crippen molar-refractivity contribution in [2.45, 2.75) is 58.1 Å². The zero-order chi connectivity index (χ0) is 28.4. The molecule has 2 aromatic carbocycles. The van der Waals surface area contributed by atoms with E-state index in [4.69, 9.17) is 20.7 Å². The van der Waals surface area contributed by atoms with Crippen molar-refractivity contribution in [1.82, 2.24) is 19.7 Å². The molecule has 1 aliphatic rings. The van der Waals surface area contributed by atoms with E-state index in [0.717, 1.165) is 34.4 Å². The average Bonchev–Trinajstić information content (AvgIpc) is 3.35. The highest BCUT2D eigenvalue weighted by Gasteiger charge is 2.30. The Kier molecular flexibility index (Phi) is 7.30. The van der Waals surface area contributed by atoms with E-state index in [0.29, 0.717) is 24.4 Å². The highest BCUT2D eigenvalue weighted by Crippen LogP contribution is 2.38. The molecule has 2 heterocycles. The van der Waals surface area contributed by atoms with E-state index >= 15 is 0 Å². The minimum Gasteiger partial charge on any atom is -0.484 e. The van der Waals surface area contributed by atoms with Crippen LogP contribution < -0.4 is 20.9 Å². The number of carbonyl (C=O) groups is 1. The van der Waals surface area contributed by atoms with Gasteiger partial charge in [-0.25, -0.2) is 9.48 Å². The van der Waals surface area contributed by atoms with Gasteiger partial charge in [0.05, 0.1) is 30.0 Å². The number of urea groups is 1. The number of rotatable bonds is 6. The summed E-state index contributed by atoms with van der Waals surface area (Å²) in [7, 11) is 0. The zero-order valence-electron chi connectivity index (χ0n) is 23.2.